The number of fused-ring (bicyclic) bond motifs is 2. The van der Waals surface area contributed by atoms with Gasteiger partial charge >= 0.3 is 5.97 Å². The third-order valence-corrected chi connectivity index (χ3v) is 13.0. The Kier molecular flexibility index (Phi) is 18.1. The first-order valence-corrected chi connectivity index (χ1v) is 23.5. The highest BCUT2D eigenvalue weighted by atomic mass is 16.4. The Hall–Kier alpha value is -7.34. The largest absolute Gasteiger partial charge is 0.480 e. The van der Waals surface area contributed by atoms with Gasteiger partial charge in [-0.1, -0.05) is 97.1 Å². The smallest absolute Gasteiger partial charge is 0.326 e. The van der Waals surface area contributed by atoms with Gasteiger partial charge in [-0.05, 0) is 73.5 Å². The van der Waals surface area contributed by atoms with Crippen molar-refractivity contribution in [2.45, 2.75) is 94.2 Å². The number of aromatic amines is 2. The normalized spacial score (nSPS) is 14.4. The van der Waals surface area contributed by atoms with Gasteiger partial charge in [0.05, 0.1) is 12.1 Å². The van der Waals surface area contributed by atoms with Crippen LogP contribution in [-0.4, -0.2) is 140 Å². The Labute approximate surface area is 407 Å². The van der Waals surface area contributed by atoms with Crippen LogP contribution in [0.25, 0.3) is 21.8 Å². The number of H-pyrrole nitrogens is 2. The molecule has 0 spiro atoms. The van der Waals surface area contributed by atoms with E-state index in [1.807, 2.05) is 78.9 Å². The van der Waals surface area contributed by atoms with Crippen molar-refractivity contribution in [1.29, 1.82) is 0 Å². The first-order valence-electron chi connectivity index (χ1n) is 23.5. The van der Waals surface area contributed by atoms with Crippen LogP contribution in [-0.2, 0) is 54.5 Å². The van der Waals surface area contributed by atoms with Crippen molar-refractivity contribution in [1.82, 2.24) is 35.3 Å². The number of carboxylic acid groups (broad SMARTS) is 1. The number of likely N-dealkylation sites (N-methyl/N-ethyl adjacent to an activating group) is 3. The topological polar surface area (TPSA) is 260 Å². The summed E-state index contributed by atoms with van der Waals surface area (Å²) in [6, 6.07) is 25.5. The van der Waals surface area contributed by atoms with Crippen LogP contribution in [0.15, 0.2) is 122 Å². The van der Waals surface area contributed by atoms with Crippen LogP contribution in [0.4, 0.5) is 0 Å². The van der Waals surface area contributed by atoms with E-state index >= 15 is 9.59 Å². The SMILES string of the molecule is C[C@@H](O)[C@H](NC(=O)[C@H](CCCCN)N(C)C(=O)[C@@H](Cc1c[nH]c2ccccc12)N(C)C(=O)[C@H](Cc1c[nH]c2ccccc12)NC(=O)[C@@H](N)Cc1ccccc1)C(=O)N(C)[C@@H](Cc1ccccc1)C(=O)O. The van der Waals surface area contributed by atoms with Crippen molar-refractivity contribution >= 4 is 57.3 Å². The van der Waals surface area contributed by atoms with Crippen LogP contribution in [0.5, 0.6) is 0 Å². The van der Waals surface area contributed by atoms with E-state index in [9.17, 15) is 29.4 Å². The molecular weight excluding hydrogens is 891 g/mol. The van der Waals surface area contributed by atoms with Gasteiger partial charge in [0.2, 0.25) is 29.5 Å². The lowest BCUT2D eigenvalue weighted by Crippen LogP contribution is -2.61. The molecule has 0 fully saturated rings. The van der Waals surface area contributed by atoms with Gasteiger partial charge in [0.1, 0.15) is 30.2 Å². The van der Waals surface area contributed by atoms with Crippen molar-refractivity contribution < 1.29 is 39.0 Å². The fourth-order valence-corrected chi connectivity index (χ4v) is 8.87. The van der Waals surface area contributed by atoms with Gasteiger partial charge in [-0.2, -0.15) is 0 Å². The minimum absolute atomic E-state index is 0.00852. The van der Waals surface area contributed by atoms with Gasteiger partial charge in [0.25, 0.3) is 0 Å². The van der Waals surface area contributed by atoms with Crippen LogP contribution < -0.4 is 22.1 Å². The van der Waals surface area contributed by atoms with Crippen LogP contribution in [0.2, 0.25) is 0 Å². The summed E-state index contributed by atoms with van der Waals surface area (Å²) in [7, 11) is 4.23. The van der Waals surface area contributed by atoms with Gasteiger partial charge < -0.3 is 57.0 Å². The maximum atomic E-state index is 15.3. The zero-order valence-electron chi connectivity index (χ0n) is 40.1. The number of hydrogen-bond acceptors (Lipinski definition) is 9. The first kappa shape index (κ1) is 52.0. The van der Waals surface area contributed by atoms with Gasteiger partial charge in [-0.3, -0.25) is 24.0 Å². The molecule has 0 saturated heterocycles. The fraction of sp³-hybridized carbons (Fsp3) is 0.358. The fourth-order valence-electron chi connectivity index (χ4n) is 8.87. The molecule has 2 aromatic heterocycles. The second kappa shape index (κ2) is 24.3. The van der Waals surface area contributed by atoms with Crippen molar-refractivity contribution in [3.63, 3.8) is 0 Å². The van der Waals surface area contributed by atoms with Crippen LogP contribution in [0, 0.1) is 0 Å². The van der Waals surface area contributed by atoms with Crippen LogP contribution in [0.3, 0.4) is 0 Å². The maximum Gasteiger partial charge on any atom is 0.326 e. The standard InChI is InChI=1S/C53H65N9O8/c1-33(63)47(52(68)62(4)46(53(69)70)28-35-19-9-6-10-20-35)59-49(65)44(25-15-16-26-54)60(2)51(67)45(30-37-32-57-42-24-14-12-22-39(37)42)61(3)50(66)43(29-36-31-56-41-23-13-11-21-38(36)41)58-48(64)40(55)27-34-17-7-5-8-18-34/h5-14,17-24,31-33,40,43-47,56-57,63H,15-16,25-30,54-55H2,1-4H3,(H,58,64)(H,59,65)(H,69,70)/t33-,40+,43+,44+,45-,46+,47+/m1/s1. The summed E-state index contributed by atoms with van der Waals surface area (Å²) in [6.45, 7) is 1.60. The summed E-state index contributed by atoms with van der Waals surface area (Å²) in [5.74, 6) is -4.70. The molecule has 4 aromatic carbocycles. The number of aliphatic hydroxyl groups is 1. The molecule has 17 nitrogen and oxygen atoms in total. The Bertz CT molecular complexity index is 2720. The molecule has 0 radical (unpaired) electrons. The van der Waals surface area contributed by atoms with E-state index in [0.717, 1.165) is 37.8 Å². The van der Waals surface area contributed by atoms with Crippen LogP contribution >= 0.6 is 0 Å². The molecule has 17 heteroatoms. The molecule has 2 heterocycles. The number of carbonyl (C=O) groups is 6. The molecule has 0 aliphatic carbocycles. The lowest BCUT2D eigenvalue weighted by Gasteiger charge is -2.37. The number of nitrogens with one attached hydrogen (secondary N) is 4. The first-order chi connectivity index (χ1) is 33.6. The monoisotopic (exact) mass is 955 g/mol. The van der Waals surface area contributed by atoms with Crippen LogP contribution in [0.1, 0.15) is 48.4 Å². The number of hydrogen-bond donors (Lipinski definition) is 8. The quantitative estimate of drug-likeness (QED) is 0.0411. The number of aliphatic carboxylic acids is 1. The van der Waals surface area contributed by atoms with E-state index in [4.69, 9.17) is 11.5 Å². The number of benzene rings is 4. The predicted octanol–water partition coefficient (Wildman–Crippen LogP) is 3.29. The summed E-state index contributed by atoms with van der Waals surface area (Å²) in [5.41, 5.74) is 16.9. The minimum atomic E-state index is -1.59. The molecule has 10 N–H and O–H groups in total. The highest BCUT2D eigenvalue weighted by Crippen LogP contribution is 2.25. The van der Waals surface area contributed by atoms with Gasteiger partial charge in [0, 0.05) is 74.6 Å². The van der Waals surface area contributed by atoms with Gasteiger partial charge in [-0.25, -0.2) is 4.79 Å². The van der Waals surface area contributed by atoms with Crippen molar-refractivity contribution in [2.75, 3.05) is 27.7 Å². The van der Waals surface area contributed by atoms with E-state index in [-0.39, 0.29) is 32.1 Å². The van der Waals surface area contributed by atoms with Crippen molar-refractivity contribution in [3.8, 4) is 0 Å². The van der Waals surface area contributed by atoms with E-state index in [0.29, 0.717) is 30.5 Å². The zero-order valence-corrected chi connectivity index (χ0v) is 40.1. The van der Waals surface area contributed by atoms with E-state index in [1.165, 1.54) is 37.9 Å². The zero-order chi connectivity index (χ0) is 50.5. The number of para-hydroxylation sites is 2. The Morgan fingerprint density at radius 3 is 1.63 bits per heavy atom. The van der Waals surface area contributed by atoms with Crippen molar-refractivity contribution in [2.24, 2.45) is 11.5 Å². The second-order valence-electron chi connectivity index (χ2n) is 17.9. The molecule has 6 rings (SSSR count). The number of rotatable bonds is 24. The number of aliphatic hydroxyl groups excluding tert-OH is 1. The molecule has 7 atom stereocenters. The summed E-state index contributed by atoms with van der Waals surface area (Å²) in [4.78, 5) is 95.5. The lowest BCUT2D eigenvalue weighted by atomic mass is 9.98. The number of carboxylic acids is 1. The third kappa shape index (κ3) is 12.8. The molecule has 370 valence electrons. The molecule has 70 heavy (non-hydrogen) atoms. The second-order valence-corrected chi connectivity index (χ2v) is 17.9. The number of nitrogens with two attached hydrogens (primary N) is 2. The third-order valence-electron chi connectivity index (χ3n) is 13.0. The maximum absolute atomic E-state index is 15.3. The number of nitrogens with zero attached hydrogens (tertiary/aromatic N) is 3. The number of unbranched alkanes of at least 4 members (excludes halogenated alkanes) is 1. The van der Waals surface area contributed by atoms with Gasteiger partial charge in [0.15, 0.2) is 0 Å². The number of amides is 5. The van der Waals surface area contributed by atoms with E-state index in [1.54, 1.807) is 42.7 Å². The molecule has 0 unspecified atom stereocenters. The average Bonchev–Trinajstić information content (AvgIpc) is 3.98. The Morgan fingerprint density at radius 2 is 1.09 bits per heavy atom. The predicted molar refractivity (Wildman–Crippen MR) is 268 cm³/mol. The number of aromatic nitrogens is 2. The molecule has 0 aliphatic heterocycles. The lowest BCUT2D eigenvalue weighted by molar-refractivity contribution is -0.152. The highest BCUT2D eigenvalue weighted by molar-refractivity contribution is 5.97. The molecule has 0 bridgehead atoms. The van der Waals surface area contributed by atoms with Crippen molar-refractivity contribution in [3.05, 3.63) is 144 Å². The highest BCUT2D eigenvalue weighted by Gasteiger charge is 2.40. The van der Waals surface area contributed by atoms with E-state index in [2.05, 4.69) is 20.6 Å². The number of carbonyl (C=O) groups excluding carboxylic acids is 5. The summed E-state index contributed by atoms with van der Waals surface area (Å²) < 4.78 is 0. The summed E-state index contributed by atoms with van der Waals surface area (Å²) in [5, 5.41) is 28.4. The Balaban J connectivity index is 1.32. The molecule has 0 saturated carbocycles. The summed E-state index contributed by atoms with van der Waals surface area (Å²) >= 11 is 0. The Morgan fingerprint density at radius 1 is 0.586 bits per heavy atom. The molecule has 6 aromatic rings. The molecule has 0 aliphatic rings. The molecule has 5 amide bonds. The van der Waals surface area contributed by atoms with Gasteiger partial charge in [-0.15, -0.1) is 0 Å². The molecular formula is C53H65N9O8. The van der Waals surface area contributed by atoms with E-state index < -0.39 is 77.9 Å². The summed E-state index contributed by atoms with van der Waals surface area (Å²) in [6.07, 6.45) is 3.25. The average molecular weight is 956 g/mol. The minimum Gasteiger partial charge on any atom is -0.480 e.